The first-order chi connectivity index (χ1) is 9.02. The van der Waals surface area contributed by atoms with Gasteiger partial charge in [0, 0.05) is 24.5 Å². The predicted molar refractivity (Wildman–Crippen MR) is 66.9 cm³/mol. The molecule has 0 aliphatic carbocycles. The molecule has 19 heavy (non-hydrogen) atoms. The minimum Gasteiger partial charge on any atom is -0.360 e. The highest BCUT2D eigenvalue weighted by atomic mass is 32.1. The summed E-state index contributed by atoms with van der Waals surface area (Å²) in [6.07, 6.45) is -1.26. The first-order valence-electron chi connectivity index (χ1n) is 5.61. The minimum atomic E-state index is -4.43. The second-order valence-corrected chi connectivity index (χ2v) is 4.74. The molecular weight excluding hydrogens is 277 g/mol. The molecule has 0 aliphatic rings. The molecule has 2 aromatic heterocycles. The van der Waals surface area contributed by atoms with E-state index in [0.29, 0.717) is 11.7 Å². The molecule has 1 N–H and O–H groups in total. The molecule has 0 fully saturated rings. The maximum absolute atomic E-state index is 12.9. The molecule has 0 spiro atoms. The summed E-state index contributed by atoms with van der Waals surface area (Å²) in [7, 11) is 0. The molecule has 0 unspecified atom stereocenters. The molecule has 0 aromatic carbocycles. The van der Waals surface area contributed by atoms with Crippen molar-refractivity contribution in [1.29, 1.82) is 0 Å². The van der Waals surface area contributed by atoms with E-state index in [0.717, 1.165) is 36.2 Å². The fourth-order valence-electron chi connectivity index (χ4n) is 1.45. The van der Waals surface area contributed by atoms with Gasteiger partial charge in [0.05, 0.1) is 5.56 Å². The number of aromatic nitrogens is 3. The maximum atomic E-state index is 12.9. The van der Waals surface area contributed by atoms with Gasteiger partial charge in [-0.1, -0.05) is 18.3 Å². The molecule has 0 bridgehead atoms. The molecule has 2 heterocycles. The van der Waals surface area contributed by atoms with Crippen LogP contribution in [0.15, 0.2) is 18.5 Å². The van der Waals surface area contributed by atoms with Gasteiger partial charge in [0.1, 0.15) is 0 Å². The first kappa shape index (κ1) is 13.7. The molecule has 0 radical (unpaired) electrons. The molecule has 4 nitrogen and oxygen atoms in total. The third-order valence-electron chi connectivity index (χ3n) is 2.31. The average molecular weight is 288 g/mol. The Morgan fingerprint density at radius 3 is 2.79 bits per heavy atom. The molecule has 8 heteroatoms. The van der Waals surface area contributed by atoms with E-state index in [1.807, 2.05) is 6.92 Å². The SMILES string of the molecule is CCCNc1nnc(-c2cnccc2C(F)(F)F)s1. The number of hydrogen-bond donors (Lipinski definition) is 1. The molecule has 2 rings (SSSR count). The fourth-order valence-corrected chi connectivity index (χ4v) is 2.24. The van der Waals surface area contributed by atoms with Crippen LogP contribution in [0.5, 0.6) is 0 Å². The van der Waals surface area contributed by atoms with Crippen LogP contribution >= 0.6 is 11.3 Å². The van der Waals surface area contributed by atoms with Crippen LogP contribution in [0.2, 0.25) is 0 Å². The van der Waals surface area contributed by atoms with Gasteiger partial charge in [-0.3, -0.25) is 4.98 Å². The third-order valence-corrected chi connectivity index (χ3v) is 3.22. The van der Waals surface area contributed by atoms with E-state index >= 15 is 0 Å². The van der Waals surface area contributed by atoms with Gasteiger partial charge in [-0.25, -0.2) is 0 Å². The summed E-state index contributed by atoms with van der Waals surface area (Å²) < 4.78 is 38.6. The highest BCUT2D eigenvalue weighted by Gasteiger charge is 2.34. The van der Waals surface area contributed by atoms with E-state index in [1.54, 1.807) is 0 Å². The number of pyridine rings is 1. The molecule has 0 saturated carbocycles. The molecule has 102 valence electrons. The van der Waals surface area contributed by atoms with E-state index in [-0.39, 0.29) is 10.6 Å². The van der Waals surface area contributed by atoms with Crippen molar-refractivity contribution in [2.75, 3.05) is 11.9 Å². The van der Waals surface area contributed by atoms with Crippen molar-refractivity contribution in [2.45, 2.75) is 19.5 Å². The summed E-state index contributed by atoms with van der Waals surface area (Å²) in [6.45, 7) is 2.69. The lowest BCUT2D eigenvalue weighted by atomic mass is 10.1. The van der Waals surface area contributed by atoms with Gasteiger partial charge in [-0.05, 0) is 12.5 Å². The van der Waals surface area contributed by atoms with Crippen molar-refractivity contribution in [1.82, 2.24) is 15.2 Å². The third kappa shape index (κ3) is 3.19. The lowest BCUT2D eigenvalue weighted by Gasteiger charge is -2.09. The highest BCUT2D eigenvalue weighted by molar-refractivity contribution is 7.18. The number of nitrogens with one attached hydrogen (secondary N) is 1. The van der Waals surface area contributed by atoms with Gasteiger partial charge in [-0.2, -0.15) is 13.2 Å². The van der Waals surface area contributed by atoms with Crippen molar-refractivity contribution in [3.8, 4) is 10.6 Å². The first-order valence-corrected chi connectivity index (χ1v) is 6.43. The van der Waals surface area contributed by atoms with Crippen molar-refractivity contribution in [2.24, 2.45) is 0 Å². The van der Waals surface area contributed by atoms with Crippen molar-refractivity contribution >= 4 is 16.5 Å². The summed E-state index contributed by atoms with van der Waals surface area (Å²) in [5, 5.41) is 11.3. The van der Waals surface area contributed by atoms with Crippen molar-refractivity contribution in [3.05, 3.63) is 24.0 Å². The summed E-state index contributed by atoms with van der Waals surface area (Å²) in [5.74, 6) is 0. The Bertz CT molecular complexity index is 553. The monoisotopic (exact) mass is 288 g/mol. The number of nitrogens with zero attached hydrogens (tertiary/aromatic N) is 3. The standard InChI is InChI=1S/C11H11F3N4S/c1-2-4-16-10-18-17-9(19-10)7-6-15-5-3-8(7)11(12,13)14/h3,5-6H,2,4H2,1H3,(H,16,18). The second-order valence-electron chi connectivity index (χ2n) is 3.76. The number of anilines is 1. The van der Waals surface area contributed by atoms with E-state index in [4.69, 9.17) is 0 Å². The van der Waals surface area contributed by atoms with E-state index in [1.165, 1.54) is 0 Å². The Balaban J connectivity index is 2.34. The van der Waals surface area contributed by atoms with Crippen LogP contribution in [0.4, 0.5) is 18.3 Å². The molecule has 0 amide bonds. The van der Waals surface area contributed by atoms with E-state index in [9.17, 15) is 13.2 Å². The molecular formula is C11H11F3N4S. The van der Waals surface area contributed by atoms with Crippen LogP contribution in [-0.2, 0) is 6.18 Å². The van der Waals surface area contributed by atoms with Crippen molar-refractivity contribution in [3.63, 3.8) is 0 Å². The largest absolute Gasteiger partial charge is 0.417 e. The van der Waals surface area contributed by atoms with Gasteiger partial charge in [-0.15, -0.1) is 10.2 Å². The zero-order valence-electron chi connectivity index (χ0n) is 10.0. The van der Waals surface area contributed by atoms with E-state index in [2.05, 4.69) is 20.5 Å². The topological polar surface area (TPSA) is 50.7 Å². The van der Waals surface area contributed by atoms with Gasteiger partial charge in [0.15, 0.2) is 5.01 Å². The van der Waals surface area contributed by atoms with Crippen LogP contribution in [0.3, 0.4) is 0 Å². The second kappa shape index (κ2) is 5.52. The summed E-state index contributed by atoms with van der Waals surface area (Å²) in [6, 6.07) is 0.940. The van der Waals surface area contributed by atoms with Gasteiger partial charge < -0.3 is 5.32 Å². The van der Waals surface area contributed by atoms with E-state index < -0.39 is 11.7 Å². The molecule has 0 atom stereocenters. The molecule has 0 aliphatic heterocycles. The number of hydrogen-bond acceptors (Lipinski definition) is 5. The fraction of sp³-hybridized carbons (Fsp3) is 0.364. The summed E-state index contributed by atoms with van der Waals surface area (Å²) in [4.78, 5) is 3.73. The Hall–Kier alpha value is -1.70. The lowest BCUT2D eigenvalue weighted by Crippen LogP contribution is -2.07. The Morgan fingerprint density at radius 2 is 2.11 bits per heavy atom. The Labute approximate surface area is 111 Å². The number of halogens is 3. The summed E-state index contributed by atoms with van der Waals surface area (Å²) in [5.41, 5.74) is -0.794. The van der Waals surface area contributed by atoms with Crippen LogP contribution in [0.1, 0.15) is 18.9 Å². The van der Waals surface area contributed by atoms with Crippen LogP contribution in [0, 0.1) is 0 Å². The van der Waals surface area contributed by atoms with Gasteiger partial charge in [0.25, 0.3) is 0 Å². The van der Waals surface area contributed by atoms with Crippen LogP contribution < -0.4 is 5.32 Å². The normalized spacial score (nSPS) is 11.6. The quantitative estimate of drug-likeness (QED) is 0.936. The zero-order valence-corrected chi connectivity index (χ0v) is 10.8. The predicted octanol–water partition coefficient (Wildman–Crippen LogP) is 3.44. The number of rotatable bonds is 4. The lowest BCUT2D eigenvalue weighted by molar-refractivity contribution is -0.137. The molecule has 0 saturated heterocycles. The summed E-state index contributed by atoms with van der Waals surface area (Å²) >= 11 is 1.08. The van der Waals surface area contributed by atoms with Gasteiger partial charge in [0.2, 0.25) is 5.13 Å². The maximum Gasteiger partial charge on any atom is 0.417 e. The van der Waals surface area contributed by atoms with Crippen LogP contribution in [-0.4, -0.2) is 21.7 Å². The Kier molecular flexibility index (Phi) is 3.98. The van der Waals surface area contributed by atoms with Crippen molar-refractivity contribution < 1.29 is 13.2 Å². The van der Waals surface area contributed by atoms with Crippen LogP contribution in [0.25, 0.3) is 10.6 Å². The van der Waals surface area contributed by atoms with Gasteiger partial charge >= 0.3 is 6.18 Å². The molecule has 2 aromatic rings. The average Bonchev–Trinajstić information content (AvgIpc) is 2.84. The smallest absolute Gasteiger partial charge is 0.360 e. The zero-order chi connectivity index (χ0) is 13.9. The minimum absolute atomic E-state index is 0.0444. The number of alkyl halides is 3. The Morgan fingerprint density at radius 1 is 1.32 bits per heavy atom. The highest BCUT2D eigenvalue weighted by Crippen LogP contribution is 2.37.